The van der Waals surface area contributed by atoms with Crippen LogP contribution in [0.2, 0.25) is 0 Å². The minimum absolute atomic E-state index is 0.0794. The summed E-state index contributed by atoms with van der Waals surface area (Å²) in [6, 6.07) is 10.9. The van der Waals surface area contributed by atoms with Gasteiger partial charge in [-0.1, -0.05) is 0 Å². The number of rotatable bonds is 7. The van der Waals surface area contributed by atoms with Crippen LogP contribution >= 0.6 is 0 Å². The number of fused-ring (bicyclic) bond motifs is 1. The quantitative estimate of drug-likeness (QED) is 0.682. The molecular formula is C19H22N2O6S. The lowest BCUT2D eigenvalue weighted by molar-refractivity contribution is 0.102. The van der Waals surface area contributed by atoms with Gasteiger partial charge in [0.2, 0.25) is 10.0 Å². The first-order chi connectivity index (χ1) is 13.5. The Labute approximate surface area is 163 Å². The first kappa shape index (κ1) is 20.1. The summed E-state index contributed by atoms with van der Waals surface area (Å²) in [7, 11) is -2.15. The lowest BCUT2D eigenvalue weighted by Crippen LogP contribution is -2.27. The molecule has 1 heterocycles. The van der Waals surface area contributed by atoms with Crippen LogP contribution in [0.4, 0.5) is 5.69 Å². The number of hydrogen-bond donors (Lipinski definition) is 2. The minimum Gasteiger partial charge on any atom is -0.490 e. The van der Waals surface area contributed by atoms with Gasteiger partial charge in [0.25, 0.3) is 5.91 Å². The SMILES string of the molecule is COCCNS(=O)(=O)c1ccc(C(=O)Nc2ccc3c(c2)OCCCO3)cc1. The van der Waals surface area contributed by atoms with Crippen molar-refractivity contribution in [3.8, 4) is 11.5 Å². The second-order valence-electron chi connectivity index (χ2n) is 6.08. The molecule has 1 aliphatic heterocycles. The van der Waals surface area contributed by atoms with E-state index in [1.54, 1.807) is 18.2 Å². The van der Waals surface area contributed by atoms with Crippen molar-refractivity contribution < 1.29 is 27.4 Å². The summed E-state index contributed by atoms with van der Waals surface area (Å²) in [5.74, 6) is 0.871. The maximum Gasteiger partial charge on any atom is 0.255 e. The fourth-order valence-electron chi connectivity index (χ4n) is 2.59. The van der Waals surface area contributed by atoms with Crippen LogP contribution in [-0.2, 0) is 14.8 Å². The molecule has 0 saturated heterocycles. The van der Waals surface area contributed by atoms with Crippen molar-refractivity contribution in [3.05, 3.63) is 48.0 Å². The van der Waals surface area contributed by atoms with Crippen molar-refractivity contribution in [1.82, 2.24) is 4.72 Å². The van der Waals surface area contributed by atoms with Gasteiger partial charge in [0.15, 0.2) is 11.5 Å². The number of carbonyl (C=O) groups is 1. The van der Waals surface area contributed by atoms with E-state index in [9.17, 15) is 13.2 Å². The Balaban J connectivity index is 1.67. The normalized spacial score (nSPS) is 13.6. The molecule has 0 spiro atoms. The largest absolute Gasteiger partial charge is 0.490 e. The van der Waals surface area contributed by atoms with Gasteiger partial charge >= 0.3 is 0 Å². The predicted molar refractivity (Wildman–Crippen MR) is 104 cm³/mol. The van der Waals surface area contributed by atoms with E-state index in [0.717, 1.165) is 6.42 Å². The van der Waals surface area contributed by atoms with Crippen LogP contribution < -0.4 is 19.5 Å². The fourth-order valence-corrected chi connectivity index (χ4v) is 3.60. The monoisotopic (exact) mass is 406 g/mol. The lowest BCUT2D eigenvalue weighted by Gasteiger charge is -2.11. The Morgan fingerprint density at radius 3 is 2.50 bits per heavy atom. The molecule has 0 fully saturated rings. The second-order valence-corrected chi connectivity index (χ2v) is 7.85. The summed E-state index contributed by atoms with van der Waals surface area (Å²) in [5, 5.41) is 2.77. The van der Waals surface area contributed by atoms with E-state index in [1.165, 1.54) is 31.4 Å². The third-order valence-electron chi connectivity index (χ3n) is 4.03. The van der Waals surface area contributed by atoms with Crippen molar-refractivity contribution in [2.24, 2.45) is 0 Å². The van der Waals surface area contributed by atoms with Gasteiger partial charge in [-0.2, -0.15) is 0 Å². The van der Waals surface area contributed by atoms with Crippen LogP contribution in [0.15, 0.2) is 47.4 Å². The number of amides is 1. The zero-order valence-electron chi connectivity index (χ0n) is 15.4. The molecule has 0 radical (unpaired) electrons. The van der Waals surface area contributed by atoms with Crippen molar-refractivity contribution >= 4 is 21.6 Å². The molecule has 0 aliphatic carbocycles. The molecule has 1 amide bonds. The van der Waals surface area contributed by atoms with Crippen LogP contribution in [0.5, 0.6) is 11.5 Å². The zero-order chi connectivity index (χ0) is 20.0. The zero-order valence-corrected chi connectivity index (χ0v) is 16.3. The van der Waals surface area contributed by atoms with Crippen molar-refractivity contribution in [1.29, 1.82) is 0 Å². The third-order valence-corrected chi connectivity index (χ3v) is 5.51. The van der Waals surface area contributed by atoms with E-state index in [1.807, 2.05) is 0 Å². The summed E-state index contributed by atoms with van der Waals surface area (Å²) in [6.07, 6.45) is 0.798. The Hall–Kier alpha value is -2.62. The highest BCUT2D eigenvalue weighted by atomic mass is 32.2. The number of carbonyl (C=O) groups excluding carboxylic acids is 1. The van der Waals surface area contributed by atoms with Gasteiger partial charge in [0.1, 0.15) is 0 Å². The molecule has 28 heavy (non-hydrogen) atoms. The fraction of sp³-hybridized carbons (Fsp3) is 0.316. The van der Waals surface area contributed by atoms with E-state index in [2.05, 4.69) is 10.0 Å². The standard InChI is InChI=1S/C19H22N2O6S/c1-25-12-9-20-28(23,24)16-6-3-14(4-7-16)19(22)21-15-5-8-17-18(13-15)27-11-2-10-26-17/h3-8,13,20H,2,9-12H2,1H3,(H,21,22). The Morgan fingerprint density at radius 2 is 1.79 bits per heavy atom. The molecule has 150 valence electrons. The van der Waals surface area contributed by atoms with E-state index in [-0.39, 0.29) is 24.0 Å². The highest BCUT2D eigenvalue weighted by Crippen LogP contribution is 2.32. The molecular weight excluding hydrogens is 384 g/mol. The van der Waals surface area contributed by atoms with Gasteiger partial charge in [-0.3, -0.25) is 4.79 Å². The summed E-state index contributed by atoms with van der Waals surface area (Å²) < 4.78 is 42.7. The van der Waals surface area contributed by atoms with Gasteiger partial charge in [0.05, 0.1) is 24.7 Å². The van der Waals surface area contributed by atoms with Crippen LogP contribution in [0.25, 0.3) is 0 Å². The molecule has 8 nitrogen and oxygen atoms in total. The average molecular weight is 406 g/mol. The van der Waals surface area contributed by atoms with Gasteiger partial charge in [-0.25, -0.2) is 13.1 Å². The van der Waals surface area contributed by atoms with Crippen LogP contribution in [-0.4, -0.2) is 47.8 Å². The van der Waals surface area contributed by atoms with E-state index in [4.69, 9.17) is 14.2 Å². The van der Waals surface area contributed by atoms with Crippen molar-refractivity contribution in [2.45, 2.75) is 11.3 Å². The topological polar surface area (TPSA) is 103 Å². The minimum atomic E-state index is -3.64. The third kappa shape index (κ3) is 5.00. The number of anilines is 1. The molecule has 0 atom stereocenters. The summed E-state index contributed by atoms with van der Waals surface area (Å²) in [6.45, 7) is 1.59. The van der Waals surface area contributed by atoms with Gasteiger partial charge in [-0.15, -0.1) is 0 Å². The first-order valence-electron chi connectivity index (χ1n) is 8.79. The van der Waals surface area contributed by atoms with Gasteiger partial charge in [0, 0.05) is 37.4 Å². The Bertz CT molecular complexity index is 928. The summed E-state index contributed by atoms with van der Waals surface area (Å²) in [4.78, 5) is 12.5. The smallest absolute Gasteiger partial charge is 0.255 e. The summed E-state index contributed by atoms with van der Waals surface area (Å²) >= 11 is 0. The molecule has 3 rings (SSSR count). The van der Waals surface area contributed by atoms with Gasteiger partial charge in [-0.05, 0) is 36.4 Å². The van der Waals surface area contributed by atoms with E-state index >= 15 is 0 Å². The molecule has 0 unspecified atom stereocenters. The molecule has 2 aromatic rings. The Kier molecular flexibility index (Phi) is 6.50. The molecule has 0 saturated carbocycles. The van der Waals surface area contributed by atoms with Crippen molar-refractivity contribution in [3.63, 3.8) is 0 Å². The number of hydrogen-bond acceptors (Lipinski definition) is 6. The van der Waals surface area contributed by atoms with Crippen LogP contribution in [0.3, 0.4) is 0 Å². The number of nitrogens with one attached hydrogen (secondary N) is 2. The Morgan fingerprint density at radius 1 is 1.07 bits per heavy atom. The molecule has 9 heteroatoms. The molecule has 2 N–H and O–H groups in total. The van der Waals surface area contributed by atoms with E-state index < -0.39 is 10.0 Å². The van der Waals surface area contributed by atoms with Gasteiger partial charge < -0.3 is 19.5 Å². The lowest BCUT2D eigenvalue weighted by atomic mass is 10.2. The number of ether oxygens (including phenoxy) is 3. The average Bonchev–Trinajstić information content (AvgIpc) is 2.93. The van der Waals surface area contributed by atoms with E-state index in [0.29, 0.717) is 36.0 Å². The number of benzene rings is 2. The van der Waals surface area contributed by atoms with Crippen LogP contribution in [0.1, 0.15) is 16.8 Å². The second kappa shape index (κ2) is 9.05. The highest BCUT2D eigenvalue weighted by Gasteiger charge is 2.16. The number of sulfonamides is 1. The molecule has 0 aromatic heterocycles. The number of methoxy groups -OCH3 is 1. The summed E-state index contributed by atoms with van der Waals surface area (Å²) in [5.41, 5.74) is 0.898. The van der Waals surface area contributed by atoms with Crippen LogP contribution in [0, 0.1) is 0 Å². The maximum absolute atomic E-state index is 12.5. The maximum atomic E-state index is 12.5. The molecule has 1 aliphatic rings. The predicted octanol–water partition coefficient (Wildman–Crippen LogP) is 2.02. The first-order valence-corrected chi connectivity index (χ1v) is 10.3. The molecule has 2 aromatic carbocycles. The molecule has 0 bridgehead atoms. The highest BCUT2D eigenvalue weighted by molar-refractivity contribution is 7.89. The van der Waals surface area contributed by atoms with Crippen molar-refractivity contribution in [2.75, 3.05) is 38.8 Å².